The Morgan fingerprint density at radius 3 is 2.79 bits per heavy atom. The summed E-state index contributed by atoms with van der Waals surface area (Å²) in [4.78, 5) is 8.26. The number of benzene rings is 1. The lowest BCUT2D eigenvalue weighted by molar-refractivity contribution is 0.442. The van der Waals surface area contributed by atoms with Crippen LogP contribution in [-0.4, -0.2) is 15.1 Å². The van der Waals surface area contributed by atoms with Crippen molar-refractivity contribution >= 4 is 22.6 Å². The molecule has 3 rings (SSSR count). The molecule has 96 valence electrons. The maximum absolute atomic E-state index is 5.65. The van der Waals surface area contributed by atoms with Crippen LogP contribution < -0.4 is 11.1 Å². The van der Waals surface area contributed by atoms with Crippen molar-refractivity contribution in [3.8, 4) is 0 Å². The zero-order valence-corrected chi connectivity index (χ0v) is 10.4. The summed E-state index contributed by atoms with van der Waals surface area (Å²) in [5, 5.41) is 7.96. The Balaban J connectivity index is 1.85. The van der Waals surface area contributed by atoms with Crippen LogP contribution in [0.5, 0.6) is 0 Å². The number of hydrogen-bond acceptors (Lipinski definition) is 6. The third-order valence-electron chi connectivity index (χ3n) is 2.88. The fraction of sp³-hybridized carbons (Fsp3) is 0.154. The van der Waals surface area contributed by atoms with E-state index in [0.29, 0.717) is 12.3 Å². The Bertz CT molecular complexity index is 705. The molecule has 19 heavy (non-hydrogen) atoms. The van der Waals surface area contributed by atoms with E-state index in [4.69, 9.17) is 10.3 Å². The highest BCUT2D eigenvalue weighted by Gasteiger charge is 2.11. The molecule has 1 aromatic carbocycles. The molecule has 0 aliphatic heterocycles. The van der Waals surface area contributed by atoms with Gasteiger partial charge in [0.2, 0.25) is 0 Å². The van der Waals surface area contributed by atoms with Gasteiger partial charge in [0.15, 0.2) is 0 Å². The first-order chi connectivity index (χ1) is 9.24. The highest BCUT2D eigenvalue weighted by atomic mass is 16.5. The maximum atomic E-state index is 5.65. The van der Waals surface area contributed by atoms with Crippen molar-refractivity contribution in [3.63, 3.8) is 0 Å². The average Bonchev–Trinajstić information content (AvgIpc) is 2.81. The van der Waals surface area contributed by atoms with E-state index in [0.717, 1.165) is 28.1 Å². The molecule has 0 aliphatic carbocycles. The Labute approximate surface area is 109 Å². The maximum Gasteiger partial charge on any atom is 0.263 e. The second-order valence-corrected chi connectivity index (χ2v) is 4.27. The largest absolute Gasteiger partial charge is 0.399 e. The van der Waals surface area contributed by atoms with Gasteiger partial charge in [0.25, 0.3) is 5.71 Å². The van der Waals surface area contributed by atoms with Crippen LogP contribution >= 0.6 is 0 Å². The van der Waals surface area contributed by atoms with E-state index in [1.54, 1.807) is 0 Å². The quantitative estimate of drug-likeness (QED) is 0.697. The molecule has 3 N–H and O–H groups in total. The SMILES string of the molecule is Cc1noc2ncnc(NCc3ccc(N)cc3)c12. The Morgan fingerprint density at radius 1 is 1.21 bits per heavy atom. The zero-order chi connectivity index (χ0) is 13.2. The van der Waals surface area contributed by atoms with E-state index in [1.807, 2.05) is 31.2 Å². The summed E-state index contributed by atoms with van der Waals surface area (Å²) >= 11 is 0. The van der Waals surface area contributed by atoms with Gasteiger partial charge in [-0.2, -0.15) is 4.98 Å². The molecule has 3 aromatic rings. The first kappa shape index (κ1) is 11.5. The van der Waals surface area contributed by atoms with Crippen LogP contribution in [-0.2, 0) is 6.54 Å². The van der Waals surface area contributed by atoms with E-state index < -0.39 is 0 Å². The minimum absolute atomic E-state index is 0.493. The van der Waals surface area contributed by atoms with Crippen molar-refractivity contribution in [1.29, 1.82) is 0 Å². The van der Waals surface area contributed by atoms with E-state index in [1.165, 1.54) is 6.33 Å². The summed E-state index contributed by atoms with van der Waals surface area (Å²) in [6, 6.07) is 7.69. The normalized spacial score (nSPS) is 10.8. The van der Waals surface area contributed by atoms with Gasteiger partial charge in [0.05, 0.1) is 5.69 Å². The van der Waals surface area contributed by atoms with Gasteiger partial charge in [-0.05, 0) is 24.6 Å². The number of rotatable bonds is 3. The van der Waals surface area contributed by atoms with E-state index in [2.05, 4.69) is 20.4 Å². The number of nitrogens with one attached hydrogen (secondary N) is 1. The topological polar surface area (TPSA) is 89.9 Å². The highest BCUT2D eigenvalue weighted by Crippen LogP contribution is 2.22. The van der Waals surface area contributed by atoms with Crippen LogP contribution in [0.15, 0.2) is 35.1 Å². The van der Waals surface area contributed by atoms with Crippen molar-refractivity contribution in [1.82, 2.24) is 15.1 Å². The van der Waals surface area contributed by atoms with E-state index in [-0.39, 0.29) is 0 Å². The van der Waals surface area contributed by atoms with Gasteiger partial charge < -0.3 is 15.6 Å². The summed E-state index contributed by atoms with van der Waals surface area (Å²) < 4.78 is 5.10. The fourth-order valence-corrected chi connectivity index (χ4v) is 1.88. The molecule has 0 saturated carbocycles. The minimum atomic E-state index is 0.493. The first-order valence-electron chi connectivity index (χ1n) is 5.89. The summed E-state index contributed by atoms with van der Waals surface area (Å²) in [7, 11) is 0. The fourth-order valence-electron chi connectivity index (χ4n) is 1.88. The molecule has 0 spiro atoms. The molecular formula is C13H13N5O. The molecule has 0 aliphatic rings. The van der Waals surface area contributed by atoms with E-state index >= 15 is 0 Å². The number of anilines is 2. The molecule has 6 heteroatoms. The highest BCUT2D eigenvalue weighted by molar-refractivity contribution is 5.87. The molecule has 0 amide bonds. The Hall–Kier alpha value is -2.63. The van der Waals surface area contributed by atoms with Gasteiger partial charge in [0, 0.05) is 12.2 Å². The summed E-state index contributed by atoms with van der Waals surface area (Å²) in [6.07, 6.45) is 1.46. The molecule has 0 bridgehead atoms. The predicted octanol–water partition coefficient (Wildman–Crippen LogP) is 2.12. The molecule has 0 saturated heterocycles. The number of hydrogen-bond donors (Lipinski definition) is 2. The number of aryl methyl sites for hydroxylation is 1. The summed E-state index contributed by atoms with van der Waals surface area (Å²) in [5.41, 5.74) is 8.79. The third kappa shape index (κ3) is 2.20. The van der Waals surface area contributed by atoms with Crippen molar-refractivity contribution in [3.05, 3.63) is 41.9 Å². The van der Waals surface area contributed by atoms with Crippen LogP contribution in [0.3, 0.4) is 0 Å². The number of nitrogens with two attached hydrogens (primary N) is 1. The Kier molecular flexibility index (Phi) is 2.75. The number of nitrogens with zero attached hydrogens (tertiary/aromatic N) is 3. The molecule has 0 unspecified atom stereocenters. The van der Waals surface area contributed by atoms with Crippen LogP contribution in [0.25, 0.3) is 11.1 Å². The number of fused-ring (bicyclic) bond motifs is 1. The van der Waals surface area contributed by atoms with Gasteiger partial charge in [0.1, 0.15) is 17.5 Å². The molecule has 6 nitrogen and oxygen atoms in total. The smallest absolute Gasteiger partial charge is 0.263 e. The van der Waals surface area contributed by atoms with Crippen LogP contribution in [0.1, 0.15) is 11.3 Å². The predicted molar refractivity (Wildman–Crippen MR) is 72.5 cm³/mol. The molecular weight excluding hydrogens is 242 g/mol. The standard InChI is InChI=1S/C13H13N5O/c1-8-11-12(16-7-17-13(11)19-18-8)15-6-9-2-4-10(14)5-3-9/h2-5,7H,6,14H2,1H3,(H,15,16,17). The first-order valence-corrected chi connectivity index (χ1v) is 5.89. The second kappa shape index (κ2) is 4.56. The summed E-state index contributed by atoms with van der Waals surface area (Å²) in [6.45, 7) is 2.51. The lowest BCUT2D eigenvalue weighted by Crippen LogP contribution is -2.02. The Morgan fingerprint density at radius 2 is 2.00 bits per heavy atom. The van der Waals surface area contributed by atoms with Gasteiger partial charge in [-0.1, -0.05) is 17.3 Å². The lowest BCUT2D eigenvalue weighted by atomic mass is 10.2. The van der Waals surface area contributed by atoms with Crippen molar-refractivity contribution in [2.45, 2.75) is 13.5 Å². The van der Waals surface area contributed by atoms with E-state index in [9.17, 15) is 0 Å². The van der Waals surface area contributed by atoms with Gasteiger partial charge in [-0.3, -0.25) is 0 Å². The molecule has 2 heterocycles. The van der Waals surface area contributed by atoms with Crippen molar-refractivity contribution in [2.24, 2.45) is 0 Å². The summed E-state index contributed by atoms with van der Waals surface area (Å²) in [5.74, 6) is 0.723. The van der Waals surface area contributed by atoms with Crippen LogP contribution in [0, 0.1) is 6.92 Å². The van der Waals surface area contributed by atoms with Gasteiger partial charge in [-0.15, -0.1) is 0 Å². The van der Waals surface area contributed by atoms with Crippen molar-refractivity contribution in [2.75, 3.05) is 11.1 Å². The van der Waals surface area contributed by atoms with Crippen molar-refractivity contribution < 1.29 is 4.52 Å². The monoisotopic (exact) mass is 255 g/mol. The molecule has 0 atom stereocenters. The third-order valence-corrected chi connectivity index (χ3v) is 2.88. The lowest BCUT2D eigenvalue weighted by Gasteiger charge is -2.06. The molecule has 0 fully saturated rings. The average molecular weight is 255 g/mol. The van der Waals surface area contributed by atoms with Gasteiger partial charge in [-0.25, -0.2) is 4.98 Å². The zero-order valence-electron chi connectivity index (χ0n) is 10.4. The second-order valence-electron chi connectivity index (χ2n) is 4.27. The number of aromatic nitrogens is 3. The molecule has 0 radical (unpaired) electrons. The molecule has 2 aromatic heterocycles. The number of nitrogen functional groups attached to an aromatic ring is 1. The minimum Gasteiger partial charge on any atom is -0.399 e. The van der Waals surface area contributed by atoms with Crippen LogP contribution in [0.4, 0.5) is 11.5 Å². The van der Waals surface area contributed by atoms with Gasteiger partial charge >= 0.3 is 0 Å². The van der Waals surface area contributed by atoms with Crippen LogP contribution in [0.2, 0.25) is 0 Å².